The molecule has 732 valence electrons. The molecule has 0 atom stereocenters. The number of benzene rings is 7. The number of carbonyl (C=O) groups excluding carboxylic acids is 5. The first-order chi connectivity index (χ1) is 61.9. The van der Waals surface area contributed by atoms with Gasteiger partial charge in [0.15, 0.2) is 0 Å². The van der Waals surface area contributed by atoms with Crippen LogP contribution >= 0.6 is 146 Å². The third-order valence-corrected chi connectivity index (χ3v) is 26.7. The van der Waals surface area contributed by atoms with Crippen LogP contribution in [0.15, 0.2) is 209 Å². The summed E-state index contributed by atoms with van der Waals surface area (Å²) in [6.07, 6.45) is 0.807. The fourth-order valence-electron chi connectivity index (χ4n) is 12.5. The van der Waals surface area contributed by atoms with Gasteiger partial charge in [-0.3, -0.25) is 24.0 Å². The summed E-state index contributed by atoms with van der Waals surface area (Å²) in [6, 6.07) is 36.6. The van der Waals surface area contributed by atoms with Gasteiger partial charge in [-0.15, -0.1) is 54.5 Å². The van der Waals surface area contributed by atoms with Crippen molar-refractivity contribution in [1.82, 2.24) is 10.6 Å². The first kappa shape index (κ1) is 130. The van der Waals surface area contributed by atoms with E-state index in [4.69, 9.17) is 15.8 Å². The minimum Gasteiger partial charge on any atom is -1.00 e. The Balaban J connectivity index is 0.00000155. The summed E-state index contributed by atoms with van der Waals surface area (Å²) in [5, 5.41) is 12.4. The summed E-state index contributed by atoms with van der Waals surface area (Å²) in [5.74, 6) is 1.33. The molecule has 0 aliphatic heterocycles. The number of nitrogens with one attached hydrogen (secondary N) is 2. The van der Waals surface area contributed by atoms with E-state index >= 15 is 0 Å². The van der Waals surface area contributed by atoms with Gasteiger partial charge in [0.1, 0.15) is 0 Å². The van der Waals surface area contributed by atoms with E-state index in [2.05, 4.69) is 87.8 Å². The number of thiol groups is 1. The SMILES string of the molecule is BrCC1CCCCC1.C=CCNC(=O)C(F)(F)F.FC(F)(F)c1cc(Br)cc(I)c1.FC(F)(F)c1cc(Br)cc(SCC2CCCCC2)c1.NC/C=C/c1cc(SCC2CCCCC2)cc(C(F)(F)F)c1.O=C(NC/C=C/c1cc(SCC2CCCCC2)cc(C(F)(F)F)c1)C(F)(F)F.O=C(S)c1ccccc1.O=C(Sc1cc(Br)cc(C(F)(F)F)c1)c1ccccc1.O=CO[O-].[H-].[K+].[K+]. The average molecular weight is 2430 g/mol. The molecule has 0 unspecified atom stereocenters. The predicted octanol–water partition coefficient (Wildman–Crippen LogP) is 25.2. The van der Waals surface area contributed by atoms with Crippen molar-refractivity contribution >= 4 is 187 Å². The molecule has 7 aromatic carbocycles. The fourth-order valence-corrected chi connectivity index (χ4v) is 20.6. The number of halogens is 26. The van der Waals surface area contributed by atoms with Crippen molar-refractivity contribution in [2.24, 2.45) is 29.4 Å². The van der Waals surface area contributed by atoms with E-state index in [1.54, 1.807) is 95.2 Å². The Bertz CT molecular complexity index is 4670. The largest absolute Gasteiger partial charge is 1.00 e. The van der Waals surface area contributed by atoms with Crippen LogP contribution in [0.5, 0.6) is 0 Å². The molecule has 10 nitrogen and oxygen atoms in total. The van der Waals surface area contributed by atoms with Crippen LogP contribution in [0.1, 0.15) is 190 Å². The predicted molar refractivity (Wildman–Crippen MR) is 505 cm³/mol. The van der Waals surface area contributed by atoms with E-state index in [1.165, 1.54) is 174 Å². The molecule has 4 N–H and O–H groups in total. The molecular formula is C91H97Br4F21IK2N3O7S5. The summed E-state index contributed by atoms with van der Waals surface area (Å²) in [6.45, 7) is 2.67. The van der Waals surface area contributed by atoms with E-state index in [-0.39, 0.29) is 142 Å². The molecule has 134 heavy (non-hydrogen) atoms. The third-order valence-electron chi connectivity index (χ3n) is 19.0. The molecule has 4 saturated carbocycles. The standard InChI is InChI=1S/C19H21F6NOS.C17H22F3NS.C14H8BrF3OS.C14H16BrF3S.C7H3BrF3I.C7H13Br.C7H6OS.C5H6F3NO.CH2O3.2K.H/c20-18(21,22)15-9-14(7-4-8-26-17(27)19(23,24)25)10-16(11-15)28-12-13-5-2-1-3-6-13;18-17(19,20)15-9-14(7-4-8-21)10-16(11-15)22-12-13-5-2-1-3-6-13;15-11-6-10(14(16,17)18)7-12(8-11)20-13(19)9-4-2-1-3-5-9;15-12-6-11(14(16,17)18)7-13(8-12)19-9-10-4-2-1-3-5-10;8-5-1-4(7(9,10)11)2-6(12)3-5;8-6-7-4-2-1-3-5-7;8-7(9)6-4-2-1-3-5-6;1-2-3-9-4(10)5(6,7)8;2-1-4-3;;;/h4,7,9-11,13H,1-3,5-6,8,12H2,(H,26,27);4,7,9-11,13H,1-3,5-6,8,12,21H2;1-8H;6-8,10H,1-5,9H2;1-3H;7H,1-6H2;1-5H,(H,8,9);2H,1,3H2,(H,9,10);1,3H;;;/q;;;;;;;;;2*+1;-1/p-1/b2*7-4+;;;;;;;;;;. The molecule has 0 aromatic heterocycles. The molecule has 4 fully saturated rings. The zero-order chi connectivity index (χ0) is 98.9. The molecule has 0 bridgehead atoms. The number of carbonyl (C=O) groups is 5. The van der Waals surface area contributed by atoms with Crippen LogP contribution in [0, 0.1) is 27.2 Å². The molecule has 43 heteroatoms. The van der Waals surface area contributed by atoms with Crippen molar-refractivity contribution in [3.63, 3.8) is 0 Å². The van der Waals surface area contributed by atoms with E-state index < -0.39 is 89.4 Å². The van der Waals surface area contributed by atoms with E-state index in [9.17, 15) is 111 Å². The summed E-state index contributed by atoms with van der Waals surface area (Å²) < 4.78 is 263. The van der Waals surface area contributed by atoms with Gasteiger partial charge in [0.25, 0.3) is 6.47 Å². The number of amides is 2. The van der Waals surface area contributed by atoms with Gasteiger partial charge in [0.2, 0.25) is 10.2 Å². The van der Waals surface area contributed by atoms with Crippen LogP contribution in [0.25, 0.3) is 12.2 Å². The number of hydrogen-bond acceptors (Lipinski definition) is 12. The molecule has 0 spiro atoms. The monoisotopic (exact) mass is 2420 g/mol. The molecule has 4 aliphatic rings. The second-order valence-corrected chi connectivity index (χ2v) is 38.9. The molecule has 2 amide bonds. The number of alkyl halides is 22. The maximum Gasteiger partial charge on any atom is 1.00 e. The Hall–Kier alpha value is -2.37. The van der Waals surface area contributed by atoms with Crippen LogP contribution < -0.4 is 124 Å². The van der Waals surface area contributed by atoms with Gasteiger partial charge in [-0.2, -0.15) is 92.2 Å². The van der Waals surface area contributed by atoms with Gasteiger partial charge in [-0.25, -0.2) is 0 Å². The van der Waals surface area contributed by atoms with Gasteiger partial charge in [-0.05, 0) is 212 Å². The van der Waals surface area contributed by atoms with Gasteiger partial charge in [0.05, 0.1) is 27.8 Å². The average Bonchev–Trinajstić information content (AvgIpc) is 0.804. The summed E-state index contributed by atoms with van der Waals surface area (Å²) in [5.41, 5.74) is 3.88. The first-order valence-electron chi connectivity index (χ1n) is 40.7. The Morgan fingerprint density at radius 2 is 0.754 bits per heavy atom. The smallest absolute Gasteiger partial charge is 1.00 e. The molecule has 0 heterocycles. The Labute approximate surface area is 922 Å². The van der Waals surface area contributed by atoms with Gasteiger partial charge >= 0.3 is 158 Å². The van der Waals surface area contributed by atoms with Crippen LogP contribution in [-0.2, 0) is 50.2 Å². The van der Waals surface area contributed by atoms with Crippen molar-refractivity contribution in [3.8, 4) is 0 Å². The normalized spacial score (nSPS) is 14.5. The maximum absolute atomic E-state index is 13.2. The summed E-state index contributed by atoms with van der Waals surface area (Å²) in [7, 11) is 0. The molecule has 0 saturated heterocycles. The van der Waals surface area contributed by atoms with Crippen LogP contribution in [0.2, 0.25) is 0 Å². The Kier molecular flexibility index (Phi) is 65.8. The van der Waals surface area contributed by atoms with Crippen LogP contribution in [-0.4, -0.2) is 83.1 Å². The zero-order valence-electron chi connectivity index (χ0n) is 73.3. The van der Waals surface area contributed by atoms with E-state index in [0.29, 0.717) is 68.2 Å². The number of nitrogens with two attached hydrogens (primary N) is 1. The topological polar surface area (TPSA) is 168 Å². The van der Waals surface area contributed by atoms with E-state index in [1.807, 2.05) is 46.9 Å². The first-order valence-corrected chi connectivity index (χ1v) is 49.5. The van der Waals surface area contributed by atoms with E-state index in [0.717, 1.165) is 103 Å². The summed E-state index contributed by atoms with van der Waals surface area (Å²) in [4.78, 5) is 56.5. The van der Waals surface area contributed by atoms with Gasteiger partial charge < -0.3 is 27.9 Å². The zero-order valence-corrected chi connectivity index (χ0v) is 91.3. The van der Waals surface area contributed by atoms with Crippen molar-refractivity contribution in [1.29, 1.82) is 0 Å². The second kappa shape index (κ2) is 68.0. The number of rotatable bonds is 21. The van der Waals surface area contributed by atoms with Gasteiger partial charge in [0, 0.05) is 89.9 Å². The number of hydrogen-bond donors (Lipinski definition) is 4. The molecule has 4 aliphatic carbocycles. The second-order valence-electron chi connectivity index (χ2n) is 29.5. The Morgan fingerprint density at radius 1 is 0.448 bits per heavy atom. The molecule has 0 radical (unpaired) electrons. The van der Waals surface area contributed by atoms with Crippen molar-refractivity contribution < 1.29 is 231 Å². The van der Waals surface area contributed by atoms with Crippen LogP contribution in [0.4, 0.5) is 92.2 Å². The van der Waals surface area contributed by atoms with Gasteiger partial charge in [-0.1, -0.05) is 232 Å². The van der Waals surface area contributed by atoms with Crippen molar-refractivity contribution in [3.05, 3.63) is 244 Å². The maximum atomic E-state index is 13.2. The van der Waals surface area contributed by atoms with Crippen molar-refractivity contribution in [2.75, 3.05) is 42.2 Å². The third kappa shape index (κ3) is 57.8. The van der Waals surface area contributed by atoms with Crippen LogP contribution in [0.3, 0.4) is 0 Å². The molecule has 11 rings (SSSR count). The number of thioether (sulfide) groups is 4. The minimum absolute atomic E-state index is 0. The van der Waals surface area contributed by atoms with Crippen molar-refractivity contribution in [2.45, 2.75) is 191 Å². The fraction of sp³-hybridized carbons (Fsp3) is 0.418. The Morgan fingerprint density at radius 3 is 1.06 bits per heavy atom. The molecular weight excluding hydrogens is 2330 g/mol. The quantitative estimate of drug-likeness (QED) is 0.00514. The molecule has 7 aromatic rings. The summed E-state index contributed by atoms with van der Waals surface area (Å²) >= 11 is 23.4. The minimum atomic E-state index is -4.99.